The minimum Gasteiger partial charge on any atom is -0.356 e. The molecule has 1 fully saturated rings. The molecular weight excluding hydrogens is 348 g/mol. The molecule has 27 heavy (non-hydrogen) atoms. The van der Waals surface area contributed by atoms with Gasteiger partial charge in [0.15, 0.2) is 22.6 Å². The summed E-state index contributed by atoms with van der Waals surface area (Å²) in [6.45, 7) is 2.13. The Morgan fingerprint density at radius 3 is 2.67 bits per heavy atom. The number of benzene rings is 1. The molecule has 9 nitrogen and oxygen atoms in total. The van der Waals surface area contributed by atoms with Gasteiger partial charge in [0.05, 0.1) is 0 Å². The first-order valence-corrected chi connectivity index (χ1v) is 8.84. The lowest BCUT2D eigenvalue weighted by molar-refractivity contribution is -0.121. The van der Waals surface area contributed by atoms with Gasteiger partial charge in [-0.3, -0.25) is 19.6 Å². The molecule has 1 atom stereocenters. The molecule has 4 N–H and O–H groups in total. The van der Waals surface area contributed by atoms with E-state index in [0.29, 0.717) is 18.9 Å². The minimum atomic E-state index is -0.986. The third kappa shape index (κ3) is 2.90. The number of aromatic nitrogens is 4. The molecule has 4 rings (SSSR count). The summed E-state index contributed by atoms with van der Waals surface area (Å²) < 4.78 is 0. The van der Waals surface area contributed by atoms with E-state index in [2.05, 4.69) is 25.3 Å². The highest BCUT2D eigenvalue weighted by Gasteiger charge is 2.44. The summed E-state index contributed by atoms with van der Waals surface area (Å²) >= 11 is 0. The highest BCUT2D eigenvalue weighted by molar-refractivity contribution is 5.92. The van der Waals surface area contributed by atoms with E-state index in [1.54, 1.807) is 6.92 Å². The fourth-order valence-electron chi connectivity index (χ4n) is 3.66. The van der Waals surface area contributed by atoms with E-state index in [9.17, 15) is 14.4 Å². The molecule has 1 saturated heterocycles. The number of ketones is 1. The Kier molecular flexibility index (Phi) is 4.06. The second-order valence-electron chi connectivity index (χ2n) is 6.71. The summed E-state index contributed by atoms with van der Waals surface area (Å²) in [5.41, 5.74) is -0.991. The highest BCUT2D eigenvalue weighted by atomic mass is 16.2. The number of hydrogen-bond donors (Lipinski definition) is 4. The largest absolute Gasteiger partial charge is 0.356 e. The predicted molar refractivity (Wildman–Crippen MR) is 102 cm³/mol. The molecule has 1 unspecified atom stereocenters. The Labute approximate surface area is 153 Å². The molecule has 1 aromatic carbocycles. The highest BCUT2D eigenvalue weighted by Crippen LogP contribution is 2.34. The van der Waals surface area contributed by atoms with Crippen molar-refractivity contribution >= 4 is 28.6 Å². The van der Waals surface area contributed by atoms with Crippen LogP contribution >= 0.6 is 0 Å². The number of aromatic amines is 3. The number of carbonyl (C=O) groups excluding carboxylic acids is 1. The summed E-state index contributed by atoms with van der Waals surface area (Å²) in [5, 5.41) is 3.37. The maximum atomic E-state index is 12.8. The third-order valence-corrected chi connectivity index (χ3v) is 4.97. The maximum Gasteiger partial charge on any atom is 0.327 e. The van der Waals surface area contributed by atoms with Crippen molar-refractivity contribution < 1.29 is 4.79 Å². The van der Waals surface area contributed by atoms with E-state index in [0.717, 1.165) is 18.5 Å². The van der Waals surface area contributed by atoms with Crippen LogP contribution in [0.1, 0.15) is 26.2 Å². The topological polar surface area (TPSA) is 127 Å². The van der Waals surface area contributed by atoms with Gasteiger partial charge in [0.2, 0.25) is 5.95 Å². The van der Waals surface area contributed by atoms with Gasteiger partial charge in [0.1, 0.15) is 0 Å². The second kappa shape index (κ2) is 6.42. The standard InChI is InChI=1S/C18H20N6O3/c1-11(25)18(23-12-7-3-2-4-8-12)9-5-6-10-24(18)16-19-13-14(20-16)21-17(27)22-15(13)26/h2-4,7-8,23H,5-6,9-10H2,1H3,(H3,19,20,21,22,26,27). The van der Waals surface area contributed by atoms with Gasteiger partial charge in [-0.2, -0.15) is 4.98 Å². The van der Waals surface area contributed by atoms with Crippen LogP contribution in [0.25, 0.3) is 11.2 Å². The number of para-hydroxylation sites is 1. The fourth-order valence-corrected chi connectivity index (χ4v) is 3.66. The fraction of sp³-hybridized carbons (Fsp3) is 0.333. The first-order valence-electron chi connectivity index (χ1n) is 8.84. The van der Waals surface area contributed by atoms with E-state index >= 15 is 0 Å². The summed E-state index contributed by atoms with van der Waals surface area (Å²) in [6, 6.07) is 9.51. The average Bonchev–Trinajstić information content (AvgIpc) is 3.07. The number of Topliss-reactive ketones (excluding diaryl/α,β-unsaturated/α-hetero) is 1. The summed E-state index contributed by atoms with van der Waals surface area (Å²) in [6.07, 6.45) is 2.37. The third-order valence-electron chi connectivity index (χ3n) is 4.97. The van der Waals surface area contributed by atoms with Crippen LogP contribution in [-0.2, 0) is 4.79 Å². The quantitative estimate of drug-likeness (QED) is 0.550. The molecule has 3 heterocycles. The lowest BCUT2D eigenvalue weighted by atomic mass is 9.91. The zero-order valence-corrected chi connectivity index (χ0v) is 14.8. The predicted octanol–water partition coefficient (Wildman–Crippen LogP) is 1.33. The van der Waals surface area contributed by atoms with Crippen LogP contribution in [-0.4, -0.2) is 37.9 Å². The first kappa shape index (κ1) is 17.1. The second-order valence-corrected chi connectivity index (χ2v) is 6.71. The molecule has 0 aliphatic carbocycles. The van der Waals surface area contributed by atoms with Crippen molar-refractivity contribution in [1.29, 1.82) is 0 Å². The number of imidazole rings is 1. The molecule has 0 bridgehead atoms. The summed E-state index contributed by atoms with van der Waals surface area (Å²) in [7, 11) is 0. The SMILES string of the molecule is CC(=O)C1(Nc2ccccc2)CCCCN1c1nc2[nH]c(=O)[nH]c(=O)c2[nH]1. The zero-order valence-electron chi connectivity index (χ0n) is 14.8. The van der Waals surface area contributed by atoms with Crippen LogP contribution in [0.4, 0.5) is 11.6 Å². The van der Waals surface area contributed by atoms with Crippen LogP contribution in [0.5, 0.6) is 0 Å². The number of piperidine rings is 1. The number of nitrogens with zero attached hydrogens (tertiary/aromatic N) is 2. The first-order chi connectivity index (χ1) is 13.0. The Balaban J connectivity index is 1.83. The smallest absolute Gasteiger partial charge is 0.327 e. The maximum absolute atomic E-state index is 12.8. The molecule has 9 heteroatoms. The number of rotatable bonds is 4. The Morgan fingerprint density at radius 2 is 1.93 bits per heavy atom. The van der Waals surface area contributed by atoms with E-state index in [-0.39, 0.29) is 16.9 Å². The number of carbonyl (C=O) groups is 1. The normalized spacial score (nSPS) is 20.0. The number of nitrogens with one attached hydrogen (secondary N) is 4. The average molecular weight is 368 g/mol. The molecule has 2 aromatic heterocycles. The number of hydrogen-bond acceptors (Lipinski definition) is 6. The van der Waals surface area contributed by atoms with Gasteiger partial charge in [-0.15, -0.1) is 0 Å². The van der Waals surface area contributed by atoms with E-state index in [1.807, 2.05) is 35.2 Å². The summed E-state index contributed by atoms with van der Waals surface area (Å²) in [4.78, 5) is 50.2. The van der Waals surface area contributed by atoms with Crippen molar-refractivity contribution in [3.63, 3.8) is 0 Å². The van der Waals surface area contributed by atoms with E-state index < -0.39 is 16.9 Å². The molecule has 0 spiro atoms. The number of H-pyrrole nitrogens is 3. The van der Waals surface area contributed by atoms with Crippen molar-refractivity contribution in [2.75, 3.05) is 16.8 Å². The van der Waals surface area contributed by atoms with Crippen molar-refractivity contribution in [3.8, 4) is 0 Å². The van der Waals surface area contributed by atoms with E-state index in [1.165, 1.54) is 0 Å². The Bertz CT molecular complexity index is 1100. The molecule has 3 aromatic rings. The Hall–Kier alpha value is -3.36. The van der Waals surface area contributed by atoms with Gasteiger partial charge in [-0.1, -0.05) is 18.2 Å². The van der Waals surface area contributed by atoms with Crippen molar-refractivity contribution in [2.45, 2.75) is 31.8 Å². The monoisotopic (exact) mass is 368 g/mol. The van der Waals surface area contributed by atoms with E-state index in [4.69, 9.17) is 0 Å². The molecule has 1 aliphatic heterocycles. The van der Waals surface area contributed by atoms with Gasteiger partial charge in [0, 0.05) is 12.2 Å². The summed E-state index contributed by atoms with van der Waals surface area (Å²) in [5.74, 6) is 0.324. The van der Waals surface area contributed by atoms with Crippen molar-refractivity contribution in [1.82, 2.24) is 19.9 Å². The number of anilines is 2. The lowest BCUT2D eigenvalue weighted by Gasteiger charge is -2.46. The molecule has 0 radical (unpaired) electrons. The lowest BCUT2D eigenvalue weighted by Crippen LogP contribution is -2.62. The Morgan fingerprint density at radius 1 is 1.15 bits per heavy atom. The zero-order chi connectivity index (χ0) is 19.0. The van der Waals surface area contributed by atoms with Crippen LogP contribution in [0.15, 0.2) is 39.9 Å². The van der Waals surface area contributed by atoms with Crippen molar-refractivity contribution in [3.05, 3.63) is 51.2 Å². The molecule has 0 saturated carbocycles. The molecule has 1 aliphatic rings. The minimum absolute atomic E-state index is 0.0473. The molecular formula is C18H20N6O3. The van der Waals surface area contributed by atoms with Crippen molar-refractivity contribution in [2.24, 2.45) is 0 Å². The van der Waals surface area contributed by atoms with Gasteiger partial charge in [-0.05, 0) is 38.3 Å². The van der Waals surface area contributed by atoms with Gasteiger partial charge >= 0.3 is 5.69 Å². The van der Waals surface area contributed by atoms with Crippen LogP contribution in [0, 0.1) is 0 Å². The van der Waals surface area contributed by atoms with Gasteiger partial charge in [0.25, 0.3) is 5.56 Å². The van der Waals surface area contributed by atoms with Gasteiger partial charge in [-0.25, -0.2) is 4.79 Å². The van der Waals surface area contributed by atoms with Crippen LogP contribution < -0.4 is 21.5 Å². The van der Waals surface area contributed by atoms with Gasteiger partial charge < -0.3 is 15.2 Å². The van der Waals surface area contributed by atoms with Crippen LogP contribution in [0.2, 0.25) is 0 Å². The van der Waals surface area contributed by atoms with Crippen LogP contribution in [0.3, 0.4) is 0 Å². The number of fused-ring (bicyclic) bond motifs is 1. The molecule has 140 valence electrons. The molecule has 0 amide bonds.